The number of hydrogen-bond acceptors (Lipinski definition) is 5. The van der Waals surface area contributed by atoms with Gasteiger partial charge in [0.1, 0.15) is 6.33 Å². The van der Waals surface area contributed by atoms with E-state index in [1.807, 2.05) is 13.8 Å². The monoisotopic (exact) mass is 300 g/mol. The maximum atomic E-state index is 12.1. The van der Waals surface area contributed by atoms with E-state index in [0.29, 0.717) is 18.7 Å². The smallest absolute Gasteiger partial charge is 0.254 e. The Kier molecular flexibility index (Phi) is 6.32. The summed E-state index contributed by atoms with van der Waals surface area (Å²) in [6, 6.07) is 0. The number of halogens is 1. The molecule has 1 saturated heterocycles. The van der Waals surface area contributed by atoms with Crippen LogP contribution in [0.2, 0.25) is 0 Å². The number of β-amino-alcohol motifs (C(OH)–C–C–N with tert-alkyl or cyclic N) is 1. The normalized spacial score (nSPS) is 21.6. The van der Waals surface area contributed by atoms with Gasteiger partial charge in [-0.2, -0.15) is 0 Å². The molecular formula is C13H21ClN4O2. The average molecular weight is 301 g/mol. The van der Waals surface area contributed by atoms with Crippen molar-refractivity contribution in [1.29, 1.82) is 0 Å². The Morgan fingerprint density at radius 1 is 1.55 bits per heavy atom. The summed E-state index contributed by atoms with van der Waals surface area (Å²) in [7, 11) is 0. The summed E-state index contributed by atoms with van der Waals surface area (Å²) in [6.45, 7) is 5.75. The van der Waals surface area contributed by atoms with E-state index in [1.54, 1.807) is 6.20 Å². The van der Waals surface area contributed by atoms with Crippen LogP contribution in [0.5, 0.6) is 0 Å². The number of amides is 1. The summed E-state index contributed by atoms with van der Waals surface area (Å²) >= 11 is 0. The standard InChI is InChI=1S/C13H20N4O2.ClH/c1-8(2)12-10(5-15-7-17-12)13(19)16-4-9-3-14-6-11(9)18;/h5,7-9,11,14,18H,3-4,6H2,1-2H3,(H,16,19);1H. The van der Waals surface area contributed by atoms with Gasteiger partial charge in [-0.25, -0.2) is 9.97 Å². The number of rotatable bonds is 4. The van der Waals surface area contributed by atoms with Gasteiger partial charge in [-0.15, -0.1) is 12.4 Å². The molecule has 1 aromatic rings. The van der Waals surface area contributed by atoms with Crippen LogP contribution >= 0.6 is 12.4 Å². The fourth-order valence-corrected chi connectivity index (χ4v) is 2.22. The summed E-state index contributed by atoms with van der Waals surface area (Å²) in [4.78, 5) is 20.2. The van der Waals surface area contributed by atoms with Crippen LogP contribution in [0.25, 0.3) is 0 Å². The van der Waals surface area contributed by atoms with Gasteiger partial charge >= 0.3 is 0 Å². The third kappa shape index (κ3) is 3.88. The van der Waals surface area contributed by atoms with Crippen molar-refractivity contribution in [1.82, 2.24) is 20.6 Å². The molecular weight excluding hydrogens is 280 g/mol. The van der Waals surface area contributed by atoms with Crippen molar-refractivity contribution in [2.24, 2.45) is 5.92 Å². The summed E-state index contributed by atoms with van der Waals surface area (Å²) in [5, 5.41) is 15.6. The Hall–Kier alpha value is -1.24. The van der Waals surface area contributed by atoms with Gasteiger partial charge in [0.2, 0.25) is 0 Å². The second-order valence-corrected chi connectivity index (χ2v) is 5.17. The Balaban J connectivity index is 0.00000200. The van der Waals surface area contributed by atoms with E-state index in [-0.39, 0.29) is 30.2 Å². The zero-order chi connectivity index (χ0) is 13.8. The van der Waals surface area contributed by atoms with Gasteiger partial charge in [-0.05, 0) is 5.92 Å². The minimum Gasteiger partial charge on any atom is -0.391 e. The molecule has 0 aliphatic carbocycles. The average Bonchev–Trinajstić information content (AvgIpc) is 2.81. The predicted molar refractivity (Wildman–Crippen MR) is 78.1 cm³/mol. The predicted octanol–water partition coefficient (Wildman–Crippen LogP) is 0.332. The minimum absolute atomic E-state index is 0. The molecule has 2 atom stereocenters. The van der Waals surface area contributed by atoms with Crippen molar-refractivity contribution in [2.45, 2.75) is 25.9 Å². The van der Waals surface area contributed by atoms with Crippen molar-refractivity contribution < 1.29 is 9.90 Å². The molecule has 20 heavy (non-hydrogen) atoms. The number of aliphatic hydroxyl groups is 1. The van der Waals surface area contributed by atoms with E-state index in [0.717, 1.165) is 12.2 Å². The van der Waals surface area contributed by atoms with Crippen molar-refractivity contribution in [2.75, 3.05) is 19.6 Å². The number of carbonyl (C=O) groups is 1. The number of aromatic nitrogens is 2. The van der Waals surface area contributed by atoms with Gasteiger partial charge in [-0.1, -0.05) is 13.8 Å². The molecule has 2 unspecified atom stereocenters. The van der Waals surface area contributed by atoms with Gasteiger partial charge in [0, 0.05) is 31.7 Å². The largest absolute Gasteiger partial charge is 0.391 e. The number of aliphatic hydroxyl groups excluding tert-OH is 1. The summed E-state index contributed by atoms with van der Waals surface area (Å²) in [5.74, 6) is 0.0574. The molecule has 7 heteroatoms. The summed E-state index contributed by atoms with van der Waals surface area (Å²) in [6.07, 6.45) is 2.61. The highest BCUT2D eigenvalue weighted by Gasteiger charge is 2.25. The first-order valence-electron chi connectivity index (χ1n) is 6.56. The number of nitrogens with zero attached hydrogens (tertiary/aromatic N) is 2. The Bertz CT molecular complexity index is 456. The van der Waals surface area contributed by atoms with E-state index in [4.69, 9.17) is 0 Å². The van der Waals surface area contributed by atoms with Crippen molar-refractivity contribution in [3.8, 4) is 0 Å². The molecule has 1 aliphatic heterocycles. The van der Waals surface area contributed by atoms with Crippen molar-refractivity contribution in [3.05, 3.63) is 23.8 Å². The first-order valence-corrected chi connectivity index (χ1v) is 6.56. The highest BCUT2D eigenvalue weighted by molar-refractivity contribution is 5.95. The Labute approximate surface area is 124 Å². The highest BCUT2D eigenvalue weighted by atomic mass is 35.5. The second-order valence-electron chi connectivity index (χ2n) is 5.17. The first kappa shape index (κ1) is 16.8. The van der Waals surface area contributed by atoms with Crippen LogP contribution in [-0.2, 0) is 0 Å². The molecule has 1 aromatic heterocycles. The molecule has 6 nitrogen and oxygen atoms in total. The molecule has 2 rings (SSSR count). The van der Waals surface area contributed by atoms with E-state index in [9.17, 15) is 9.90 Å². The fourth-order valence-electron chi connectivity index (χ4n) is 2.22. The zero-order valence-electron chi connectivity index (χ0n) is 11.7. The van der Waals surface area contributed by atoms with Crippen LogP contribution in [-0.4, -0.2) is 46.7 Å². The quantitative estimate of drug-likeness (QED) is 0.746. The molecule has 0 radical (unpaired) electrons. The maximum absolute atomic E-state index is 12.1. The maximum Gasteiger partial charge on any atom is 0.254 e. The molecule has 0 bridgehead atoms. The molecule has 1 aliphatic rings. The van der Waals surface area contributed by atoms with Gasteiger partial charge in [0.25, 0.3) is 5.91 Å². The van der Waals surface area contributed by atoms with E-state index >= 15 is 0 Å². The molecule has 3 N–H and O–H groups in total. The summed E-state index contributed by atoms with van der Waals surface area (Å²) in [5.41, 5.74) is 1.26. The lowest BCUT2D eigenvalue weighted by Gasteiger charge is -2.15. The van der Waals surface area contributed by atoms with Crippen molar-refractivity contribution >= 4 is 18.3 Å². The van der Waals surface area contributed by atoms with E-state index in [2.05, 4.69) is 20.6 Å². The van der Waals surface area contributed by atoms with Gasteiger partial charge < -0.3 is 15.7 Å². The lowest BCUT2D eigenvalue weighted by atomic mass is 10.0. The van der Waals surface area contributed by atoms with Crippen LogP contribution in [0.15, 0.2) is 12.5 Å². The van der Waals surface area contributed by atoms with Crippen LogP contribution in [0.3, 0.4) is 0 Å². The topological polar surface area (TPSA) is 87.1 Å². The van der Waals surface area contributed by atoms with E-state index < -0.39 is 6.10 Å². The minimum atomic E-state index is -0.392. The first-order chi connectivity index (χ1) is 9.09. The Morgan fingerprint density at radius 3 is 2.90 bits per heavy atom. The summed E-state index contributed by atoms with van der Waals surface area (Å²) < 4.78 is 0. The van der Waals surface area contributed by atoms with Crippen molar-refractivity contribution in [3.63, 3.8) is 0 Å². The molecule has 112 valence electrons. The molecule has 1 amide bonds. The fraction of sp³-hybridized carbons (Fsp3) is 0.615. The zero-order valence-corrected chi connectivity index (χ0v) is 12.5. The number of carbonyl (C=O) groups excluding carboxylic acids is 1. The lowest BCUT2D eigenvalue weighted by Crippen LogP contribution is -2.35. The molecule has 0 spiro atoms. The number of hydrogen-bond donors (Lipinski definition) is 3. The van der Waals surface area contributed by atoms with Gasteiger partial charge in [-0.3, -0.25) is 4.79 Å². The molecule has 1 fully saturated rings. The third-order valence-corrected chi connectivity index (χ3v) is 3.36. The second kappa shape index (κ2) is 7.52. The van der Waals surface area contributed by atoms with Gasteiger partial charge in [0.15, 0.2) is 0 Å². The van der Waals surface area contributed by atoms with Crippen LogP contribution in [0, 0.1) is 5.92 Å². The number of nitrogens with one attached hydrogen (secondary N) is 2. The highest BCUT2D eigenvalue weighted by Crippen LogP contribution is 2.15. The molecule has 0 saturated carbocycles. The third-order valence-electron chi connectivity index (χ3n) is 3.36. The van der Waals surface area contributed by atoms with Crippen LogP contribution < -0.4 is 10.6 Å². The van der Waals surface area contributed by atoms with Crippen LogP contribution in [0.1, 0.15) is 35.8 Å². The SMILES string of the molecule is CC(C)c1ncncc1C(=O)NCC1CNCC1O.Cl. The molecule has 0 aromatic carbocycles. The van der Waals surface area contributed by atoms with Crippen LogP contribution in [0.4, 0.5) is 0 Å². The van der Waals surface area contributed by atoms with Gasteiger partial charge in [0.05, 0.1) is 17.4 Å². The lowest BCUT2D eigenvalue weighted by molar-refractivity contribution is 0.0925. The van der Waals surface area contributed by atoms with E-state index in [1.165, 1.54) is 6.33 Å². The Morgan fingerprint density at radius 2 is 2.30 bits per heavy atom. The molecule has 2 heterocycles.